The van der Waals surface area contributed by atoms with Crippen LogP contribution in [-0.2, 0) is 12.7 Å². The van der Waals surface area contributed by atoms with Crippen molar-refractivity contribution in [3.8, 4) is 0 Å². The maximum atomic E-state index is 12.6. The summed E-state index contributed by atoms with van der Waals surface area (Å²) in [7, 11) is 0. The molecular weight excluding hydrogens is 277 g/mol. The highest BCUT2D eigenvalue weighted by Crippen LogP contribution is 2.31. The first-order valence-electron chi connectivity index (χ1n) is 5.34. The number of nitrogens with one attached hydrogen (secondary N) is 1. The van der Waals surface area contributed by atoms with Gasteiger partial charge in [0.2, 0.25) is 0 Å². The molecule has 2 aromatic heterocycles. The van der Waals surface area contributed by atoms with Gasteiger partial charge in [-0.15, -0.1) is 11.3 Å². The second-order valence-corrected chi connectivity index (χ2v) is 5.18. The molecule has 0 saturated heterocycles. The maximum absolute atomic E-state index is 12.6. The van der Waals surface area contributed by atoms with E-state index >= 15 is 0 Å². The van der Waals surface area contributed by atoms with Gasteiger partial charge in [-0.05, 0) is 19.1 Å². The molecule has 2 rings (SSSR count). The third-order valence-electron chi connectivity index (χ3n) is 2.29. The Hall–Kier alpha value is -1.83. The number of hydrogen-bond acceptors (Lipinski definition) is 5. The number of alkyl halides is 3. The van der Waals surface area contributed by atoms with Gasteiger partial charge in [-0.25, -0.2) is 9.97 Å². The molecule has 8 heteroatoms. The Kier molecular flexibility index (Phi) is 3.61. The average molecular weight is 288 g/mol. The SMILES string of the molecule is Cc1ncc(CNc2cc(C(F)(F)F)cc(N)n2)s1. The summed E-state index contributed by atoms with van der Waals surface area (Å²) in [4.78, 5) is 8.79. The van der Waals surface area contributed by atoms with Crippen LogP contribution >= 0.6 is 11.3 Å². The van der Waals surface area contributed by atoms with Gasteiger partial charge in [-0.1, -0.05) is 0 Å². The Bertz CT molecular complexity index is 580. The highest BCUT2D eigenvalue weighted by Gasteiger charge is 2.31. The summed E-state index contributed by atoms with van der Waals surface area (Å²) in [5.41, 5.74) is 4.55. The van der Waals surface area contributed by atoms with Gasteiger partial charge in [0.1, 0.15) is 11.6 Å². The van der Waals surface area contributed by atoms with Crippen LogP contribution in [-0.4, -0.2) is 9.97 Å². The topological polar surface area (TPSA) is 63.8 Å². The van der Waals surface area contributed by atoms with Gasteiger partial charge in [0.05, 0.1) is 17.1 Å². The predicted molar refractivity (Wildman–Crippen MR) is 67.8 cm³/mol. The lowest BCUT2D eigenvalue weighted by molar-refractivity contribution is -0.137. The van der Waals surface area contributed by atoms with Crippen molar-refractivity contribution in [2.75, 3.05) is 11.1 Å². The summed E-state index contributed by atoms with van der Waals surface area (Å²) in [5, 5.41) is 3.70. The van der Waals surface area contributed by atoms with Gasteiger partial charge in [-0.2, -0.15) is 13.2 Å². The molecule has 0 aliphatic heterocycles. The monoisotopic (exact) mass is 288 g/mol. The number of nitrogens with two attached hydrogens (primary N) is 1. The number of halogens is 3. The molecule has 4 nitrogen and oxygen atoms in total. The van der Waals surface area contributed by atoms with Crippen LogP contribution in [0.15, 0.2) is 18.3 Å². The van der Waals surface area contributed by atoms with Gasteiger partial charge >= 0.3 is 6.18 Å². The number of thiazole rings is 1. The fourth-order valence-electron chi connectivity index (χ4n) is 1.47. The number of hydrogen-bond donors (Lipinski definition) is 2. The van der Waals surface area contributed by atoms with Crippen molar-refractivity contribution in [3.05, 3.63) is 33.8 Å². The van der Waals surface area contributed by atoms with Crippen LogP contribution in [0.5, 0.6) is 0 Å². The Morgan fingerprint density at radius 1 is 1.37 bits per heavy atom. The van der Waals surface area contributed by atoms with Crippen LogP contribution < -0.4 is 11.1 Å². The molecule has 0 aromatic carbocycles. The first-order valence-corrected chi connectivity index (χ1v) is 6.16. The Balaban J connectivity index is 2.14. The van der Waals surface area contributed by atoms with Crippen LogP contribution in [0.4, 0.5) is 24.8 Å². The Labute approximate surface area is 111 Å². The first-order chi connectivity index (χ1) is 8.84. The minimum absolute atomic E-state index is 0.0957. The quantitative estimate of drug-likeness (QED) is 0.911. The smallest absolute Gasteiger partial charge is 0.384 e. The lowest BCUT2D eigenvalue weighted by Gasteiger charge is -2.10. The van der Waals surface area contributed by atoms with E-state index in [0.717, 1.165) is 22.0 Å². The third-order valence-corrected chi connectivity index (χ3v) is 3.20. The van der Waals surface area contributed by atoms with Gasteiger partial charge in [0, 0.05) is 11.1 Å². The van der Waals surface area contributed by atoms with E-state index in [-0.39, 0.29) is 11.6 Å². The standard InChI is InChI=1S/C11H11F3N4S/c1-6-16-4-8(19-6)5-17-10-3-7(11(12,13)14)2-9(15)18-10/h2-4H,5H2,1H3,(H3,15,17,18). The number of anilines is 2. The van der Waals surface area contributed by atoms with Gasteiger partial charge in [-0.3, -0.25) is 0 Å². The zero-order valence-electron chi connectivity index (χ0n) is 9.95. The van der Waals surface area contributed by atoms with E-state index in [4.69, 9.17) is 5.73 Å². The number of aryl methyl sites for hydroxylation is 1. The lowest BCUT2D eigenvalue weighted by atomic mass is 10.2. The normalized spacial score (nSPS) is 11.6. The van der Waals surface area contributed by atoms with Crippen molar-refractivity contribution < 1.29 is 13.2 Å². The third kappa shape index (κ3) is 3.57. The maximum Gasteiger partial charge on any atom is 0.416 e. The van der Waals surface area contributed by atoms with Crippen LogP contribution in [0.3, 0.4) is 0 Å². The van der Waals surface area contributed by atoms with Gasteiger partial charge in [0.15, 0.2) is 0 Å². The van der Waals surface area contributed by atoms with E-state index in [1.54, 1.807) is 6.20 Å². The van der Waals surface area contributed by atoms with Crippen molar-refractivity contribution in [1.29, 1.82) is 0 Å². The fraction of sp³-hybridized carbons (Fsp3) is 0.273. The Morgan fingerprint density at radius 3 is 2.68 bits per heavy atom. The molecule has 0 spiro atoms. The molecule has 0 bridgehead atoms. The van der Waals surface area contributed by atoms with E-state index in [0.29, 0.717) is 6.54 Å². The summed E-state index contributed by atoms with van der Waals surface area (Å²) in [6, 6.07) is 1.74. The fourth-order valence-corrected chi connectivity index (χ4v) is 2.21. The molecule has 102 valence electrons. The molecular formula is C11H11F3N4S. The molecule has 2 aromatic rings. The molecule has 2 heterocycles. The van der Waals surface area contributed by atoms with Crippen molar-refractivity contribution in [2.45, 2.75) is 19.6 Å². The molecule has 0 fully saturated rings. The molecule has 0 amide bonds. The van der Waals surface area contributed by atoms with E-state index in [2.05, 4.69) is 15.3 Å². The van der Waals surface area contributed by atoms with Gasteiger partial charge < -0.3 is 11.1 Å². The molecule has 3 N–H and O–H groups in total. The molecule has 0 saturated carbocycles. The molecule has 19 heavy (non-hydrogen) atoms. The van der Waals surface area contributed by atoms with Crippen LogP contribution in [0.25, 0.3) is 0 Å². The molecule has 0 aliphatic rings. The van der Waals surface area contributed by atoms with Gasteiger partial charge in [0.25, 0.3) is 0 Å². The number of nitrogen functional groups attached to an aromatic ring is 1. The number of pyridine rings is 1. The number of aromatic nitrogens is 2. The summed E-state index contributed by atoms with van der Waals surface area (Å²) >= 11 is 1.47. The largest absolute Gasteiger partial charge is 0.416 e. The Morgan fingerprint density at radius 2 is 2.11 bits per heavy atom. The molecule has 0 unspecified atom stereocenters. The molecule has 0 aliphatic carbocycles. The highest BCUT2D eigenvalue weighted by atomic mass is 32.1. The van der Waals surface area contributed by atoms with Crippen LogP contribution in [0.1, 0.15) is 15.4 Å². The molecule has 0 radical (unpaired) electrons. The van der Waals surface area contributed by atoms with Crippen molar-refractivity contribution in [2.24, 2.45) is 0 Å². The second kappa shape index (κ2) is 5.04. The second-order valence-electron chi connectivity index (χ2n) is 3.86. The van der Waals surface area contributed by atoms with E-state index in [9.17, 15) is 13.2 Å². The van der Waals surface area contributed by atoms with Crippen molar-refractivity contribution in [1.82, 2.24) is 9.97 Å². The van der Waals surface area contributed by atoms with Crippen LogP contribution in [0.2, 0.25) is 0 Å². The minimum atomic E-state index is -4.44. The van der Waals surface area contributed by atoms with E-state index in [1.165, 1.54) is 11.3 Å². The van der Waals surface area contributed by atoms with Crippen LogP contribution in [0, 0.1) is 6.92 Å². The zero-order chi connectivity index (χ0) is 14.0. The summed E-state index contributed by atoms with van der Waals surface area (Å²) in [6.45, 7) is 2.22. The number of rotatable bonds is 3. The van der Waals surface area contributed by atoms with E-state index in [1.807, 2.05) is 6.92 Å². The predicted octanol–water partition coefficient (Wildman–Crippen LogP) is 3.06. The molecule has 0 atom stereocenters. The summed E-state index contributed by atoms with van der Waals surface area (Å²) in [5.74, 6) is -0.0730. The average Bonchev–Trinajstić information content (AvgIpc) is 2.71. The summed E-state index contributed by atoms with van der Waals surface area (Å²) < 4.78 is 37.8. The van der Waals surface area contributed by atoms with Crippen molar-refractivity contribution in [3.63, 3.8) is 0 Å². The lowest BCUT2D eigenvalue weighted by Crippen LogP contribution is -2.09. The number of nitrogens with zero attached hydrogens (tertiary/aromatic N) is 2. The van der Waals surface area contributed by atoms with E-state index < -0.39 is 11.7 Å². The summed E-state index contributed by atoms with van der Waals surface area (Å²) in [6.07, 6.45) is -2.77. The first kappa shape index (κ1) is 13.6. The van der Waals surface area contributed by atoms with Crippen molar-refractivity contribution >= 4 is 23.0 Å². The zero-order valence-corrected chi connectivity index (χ0v) is 10.8. The highest BCUT2D eigenvalue weighted by molar-refractivity contribution is 7.11. The minimum Gasteiger partial charge on any atom is -0.384 e.